The molecule has 0 saturated heterocycles. The molecule has 0 fully saturated rings. The second-order valence-corrected chi connectivity index (χ2v) is 4.46. The van der Waals surface area contributed by atoms with Gasteiger partial charge in [0, 0.05) is 12.0 Å². The Morgan fingerprint density at radius 1 is 1.12 bits per heavy atom. The van der Waals surface area contributed by atoms with E-state index >= 15 is 0 Å². The summed E-state index contributed by atoms with van der Waals surface area (Å²) in [4.78, 5) is 11.8. The standard InChI is InChI=1S/C15H22O/c1-3-4-5-6-7-11-15(16)14-10-8-9-13(2)12-14/h8-10,12H,3-7,11H2,1-2H3. The first-order valence-electron chi connectivity index (χ1n) is 6.34. The molecule has 0 amide bonds. The van der Waals surface area contributed by atoms with E-state index < -0.39 is 0 Å². The molecule has 0 N–H and O–H groups in total. The van der Waals surface area contributed by atoms with E-state index in [4.69, 9.17) is 0 Å². The number of benzene rings is 1. The molecule has 1 aromatic rings. The molecule has 1 nitrogen and oxygen atoms in total. The smallest absolute Gasteiger partial charge is 0.162 e. The summed E-state index contributed by atoms with van der Waals surface area (Å²) in [5.41, 5.74) is 2.03. The van der Waals surface area contributed by atoms with E-state index in [0.29, 0.717) is 12.2 Å². The maximum absolute atomic E-state index is 11.8. The Bertz CT molecular complexity index is 328. The van der Waals surface area contributed by atoms with Gasteiger partial charge in [-0.2, -0.15) is 0 Å². The molecule has 0 atom stereocenters. The Morgan fingerprint density at radius 2 is 1.88 bits per heavy atom. The summed E-state index contributed by atoms with van der Waals surface area (Å²) in [6.45, 7) is 4.23. The number of rotatable bonds is 7. The lowest BCUT2D eigenvalue weighted by atomic mass is 10.0. The molecule has 0 heterocycles. The minimum Gasteiger partial charge on any atom is -0.294 e. The van der Waals surface area contributed by atoms with E-state index in [1.165, 1.54) is 25.7 Å². The number of Topliss-reactive ketones (excluding diaryl/α,β-unsaturated/α-hetero) is 1. The lowest BCUT2D eigenvalue weighted by molar-refractivity contribution is 0.0979. The van der Waals surface area contributed by atoms with Gasteiger partial charge >= 0.3 is 0 Å². The van der Waals surface area contributed by atoms with Crippen LogP contribution >= 0.6 is 0 Å². The first-order chi connectivity index (χ1) is 7.74. The lowest BCUT2D eigenvalue weighted by Crippen LogP contribution is -1.99. The van der Waals surface area contributed by atoms with E-state index in [1.54, 1.807) is 0 Å². The Kier molecular flexibility index (Phi) is 5.84. The summed E-state index contributed by atoms with van der Waals surface area (Å²) in [7, 11) is 0. The summed E-state index contributed by atoms with van der Waals surface area (Å²) in [6.07, 6.45) is 6.73. The molecule has 0 aliphatic carbocycles. The first-order valence-corrected chi connectivity index (χ1v) is 6.34. The normalized spacial score (nSPS) is 10.4. The summed E-state index contributed by atoms with van der Waals surface area (Å²) >= 11 is 0. The van der Waals surface area contributed by atoms with Crippen LogP contribution in [0.5, 0.6) is 0 Å². The molecule has 0 radical (unpaired) electrons. The van der Waals surface area contributed by atoms with E-state index in [1.807, 2.05) is 31.2 Å². The van der Waals surface area contributed by atoms with Gasteiger partial charge in [0.2, 0.25) is 0 Å². The van der Waals surface area contributed by atoms with Gasteiger partial charge in [0.15, 0.2) is 5.78 Å². The van der Waals surface area contributed by atoms with Crippen LogP contribution in [-0.4, -0.2) is 5.78 Å². The van der Waals surface area contributed by atoms with Crippen molar-refractivity contribution in [3.63, 3.8) is 0 Å². The zero-order chi connectivity index (χ0) is 11.8. The summed E-state index contributed by atoms with van der Waals surface area (Å²) in [5, 5.41) is 0. The van der Waals surface area contributed by atoms with Crippen molar-refractivity contribution in [3.8, 4) is 0 Å². The minimum atomic E-state index is 0.292. The summed E-state index contributed by atoms with van der Waals surface area (Å²) in [5.74, 6) is 0.292. The predicted octanol–water partition coefficient (Wildman–Crippen LogP) is 4.54. The van der Waals surface area contributed by atoms with Gasteiger partial charge in [-0.15, -0.1) is 0 Å². The third kappa shape index (κ3) is 4.61. The lowest BCUT2D eigenvalue weighted by Gasteiger charge is -2.02. The predicted molar refractivity (Wildman–Crippen MR) is 68.9 cm³/mol. The van der Waals surface area contributed by atoms with Crippen LogP contribution in [0.4, 0.5) is 0 Å². The Hall–Kier alpha value is -1.11. The van der Waals surface area contributed by atoms with Gasteiger partial charge in [0.05, 0.1) is 0 Å². The van der Waals surface area contributed by atoms with E-state index in [9.17, 15) is 4.79 Å². The summed E-state index contributed by atoms with van der Waals surface area (Å²) in [6, 6.07) is 7.88. The number of hydrogen-bond donors (Lipinski definition) is 0. The highest BCUT2D eigenvalue weighted by Gasteiger charge is 2.04. The van der Waals surface area contributed by atoms with Gasteiger partial charge in [-0.05, 0) is 19.4 Å². The number of ketones is 1. The van der Waals surface area contributed by atoms with Crippen LogP contribution in [0.2, 0.25) is 0 Å². The van der Waals surface area contributed by atoms with E-state index in [-0.39, 0.29) is 0 Å². The maximum atomic E-state index is 11.8. The van der Waals surface area contributed by atoms with Crippen LogP contribution < -0.4 is 0 Å². The van der Waals surface area contributed by atoms with Crippen LogP contribution in [0.15, 0.2) is 24.3 Å². The quantitative estimate of drug-likeness (QED) is 0.485. The van der Waals surface area contributed by atoms with Crippen LogP contribution in [0.1, 0.15) is 61.4 Å². The molecule has 0 aliphatic heterocycles. The van der Waals surface area contributed by atoms with Crippen molar-refractivity contribution in [1.29, 1.82) is 0 Å². The van der Waals surface area contributed by atoms with Gasteiger partial charge in [-0.3, -0.25) is 4.79 Å². The van der Waals surface area contributed by atoms with Gasteiger partial charge in [-0.1, -0.05) is 56.4 Å². The average molecular weight is 218 g/mol. The first kappa shape index (κ1) is 13.0. The van der Waals surface area contributed by atoms with Crippen molar-refractivity contribution >= 4 is 5.78 Å². The number of carbonyl (C=O) groups is 1. The largest absolute Gasteiger partial charge is 0.294 e. The second kappa shape index (κ2) is 7.21. The maximum Gasteiger partial charge on any atom is 0.162 e. The fourth-order valence-corrected chi connectivity index (χ4v) is 1.85. The van der Waals surface area contributed by atoms with Gasteiger partial charge in [0.25, 0.3) is 0 Å². The highest BCUT2D eigenvalue weighted by atomic mass is 16.1. The average Bonchev–Trinajstić information content (AvgIpc) is 2.28. The third-order valence-corrected chi connectivity index (χ3v) is 2.85. The van der Waals surface area contributed by atoms with Crippen molar-refractivity contribution in [2.45, 2.75) is 52.4 Å². The van der Waals surface area contributed by atoms with E-state index in [0.717, 1.165) is 17.5 Å². The van der Waals surface area contributed by atoms with Gasteiger partial charge < -0.3 is 0 Å². The number of carbonyl (C=O) groups excluding carboxylic acids is 1. The van der Waals surface area contributed by atoms with Gasteiger partial charge in [0.1, 0.15) is 0 Å². The van der Waals surface area contributed by atoms with Crippen molar-refractivity contribution in [3.05, 3.63) is 35.4 Å². The number of unbranched alkanes of at least 4 members (excludes halogenated alkanes) is 4. The topological polar surface area (TPSA) is 17.1 Å². The van der Waals surface area contributed by atoms with Gasteiger partial charge in [-0.25, -0.2) is 0 Å². The molecule has 0 aliphatic rings. The molecule has 1 rings (SSSR count). The molecule has 0 aromatic heterocycles. The molecule has 0 bridgehead atoms. The molecule has 0 spiro atoms. The SMILES string of the molecule is CCCCCCCC(=O)c1cccc(C)c1. The Morgan fingerprint density at radius 3 is 2.56 bits per heavy atom. The monoisotopic (exact) mass is 218 g/mol. The zero-order valence-electron chi connectivity index (χ0n) is 10.5. The molecule has 88 valence electrons. The molecular weight excluding hydrogens is 196 g/mol. The molecule has 0 unspecified atom stereocenters. The van der Waals surface area contributed by atoms with Crippen LogP contribution in [-0.2, 0) is 0 Å². The third-order valence-electron chi connectivity index (χ3n) is 2.85. The minimum absolute atomic E-state index is 0.292. The van der Waals surface area contributed by atoms with Crippen LogP contribution in [0.3, 0.4) is 0 Å². The molecule has 1 heteroatoms. The number of hydrogen-bond acceptors (Lipinski definition) is 1. The fourth-order valence-electron chi connectivity index (χ4n) is 1.85. The van der Waals surface area contributed by atoms with Crippen LogP contribution in [0.25, 0.3) is 0 Å². The Labute approximate surface area is 98.9 Å². The molecule has 16 heavy (non-hydrogen) atoms. The van der Waals surface area contributed by atoms with Crippen molar-refractivity contribution in [2.75, 3.05) is 0 Å². The fraction of sp³-hybridized carbons (Fsp3) is 0.533. The number of aryl methyl sites for hydroxylation is 1. The van der Waals surface area contributed by atoms with Crippen LogP contribution in [0, 0.1) is 6.92 Å². The molecule has 1 aromatic carbocycles. The zero-order valence-corrected chi connectivity index (χ0v) is 10.5. The van der Waals surface area contributed by atoms with Crippen molar-refractivity contribution < 1.29 is 4.79 Å². The molecular formula is C15H22O. The highest BCUT2D eigenvalue weighted by molar-refractivity contribution is 5.96. The second-order valence-electron chi connectivity index (χ2n) is 4.46. The van der Waals surface area contributed by atoms with Crippen molar-refractivity contribution in [2.24, 2.45) is 0 Å². The Balaban J connectivity index is 2.30. The molecule has 0 saturated carbocycles. The highest BCUT2D eigenvalue weighted by Crippen LogP contribution is 2.11. The van der Waals surface area contributed by atoms with Crippen molar-refractivity contribution in [1.82, 2.24) is 0 Å². The summed E-state index contributed by atoms with van der Waals surface area (Å²) < 4.78 is 0. The van der Waals surface area contributed by atoms with E-state index in [2.05, 4.69) is 6.92 Å².